The van der Waals surface area contributed by atoms with Gasteiger partial charge in [-0.15, -0.1) is 0 Å². The normalized spacial score (nSPS) is 12.2. The molecule has 4 heteroatoms. The molecule has 0 radical (unpaired) electrons. The first kappa shape index (κ1) is 13.2. The van der Waals surface area contributed by atoms with Crippen molar-refractivity contribution in [1.29, 1.82) is 0 Å². The van der Waals surface area contributed by atoms with Crippen molar-refractivity contribution in [3.63, 3.8) is 0 Å². The molecule has 94 valence electrons. The second kappa shape index (κ2) is 5.59. The van der Waals surface area contributed by atoms with Crippen molar-refractivity contribution in [2.45, 2.75) is 13.0 Å². The third kappa shape index (κ3) is 2.77. The fourth-order valence-electron chi connectivity index (χ4n) is 1.80. The van der Waals surface area contributed by atoms with Crippen molar-refractivity contribution in [3.05, 3.63) is 63.9 Å². The molecule has 0 aliphatic rings. The van der Waals surface area contributed by atoms with Crippen LogP contribution in [0.1, 0.15) is 18.5 Å². The molecule has 0 aliphatic heterocycles. The van der Waals surface area contributed by atoms with Gasteiger partial charge in [0.25, 0.3) is 0 Å². The maximum atomic E-state index is 13.4. The monoisotopic (exact) mass is 283 g/mol. The van der Waals surface area contributed by atoms with Crippen molar-refractivity contribution in [2.75, 3.05) is 5.32 Å². The third-order valence-electron chi connectivity index (χ3n) is 2.67. The van der Waals surface area contributed by atoms with Gasteiger partial charge in [0.15, 0.2) is 0 Å². The molecule has 0 bridgehead atoms. The Hall–Kier alpha value is -1.25. The molecule has 2 aromatic rings. The zero-order valence-corrected chi connectivity index (χ0v) is 11.3. The molecule has 0 heterocycles. The van der Waals surface area contributed by atoms with Gasteiger partial charge in [0.1, 0.15) is 5.82 Å². The van der Waals surface area contributed by atoms with Crippen LogP contribution in [0.4, 0.5) is 10.1 Å². The molecule has 0 fully saturated rings. The van der Waals surface area contributed by atoms with Crippen molar-refractivity contribution in [2.24, 2.45) is 0 Å². The molecule has 0 aliphatic carbocycles. The number of rotatable bonds is 3. The number of hydrogen-bond donors (Lipinski definition) is 1. The minimum atomic E-state index is -0.460. The van der Waals surface area contributed by atoms with Gasteiger partial charge in [-0.25, -0.2) is 4.39 Å². The van der Waals surface area contributed by atoms with Gasteiger partial charge in [-0.1, -0.05) is 41.4 Å². The van der Waals surface area contributed by atoms with Crippen molar-refractivity contribution >= 4 is 28.9 Å². The van der Waals surface area contributed by atoms with Gasteiger partial charge < -0.3 is 5.32 Å². The predicted octanol–water partition coefficient (Wildman–Crippen LogP) is 5.31. The van der Waals surface area contributed by atoms with Gasteiger partial charge in [-0.3, -0.25) is 0 Å². The maximum absolute atomic E-state index is 13.4. The van der Waals surface area contributed by atoms with Gasteiger partial charge >= 0.3 is 0 Å². The topological polar surface area (TPSA) is 12.0 Å². The lowest BCUT2D eigenvalue weighted by Crippen LogP contribution is -2.08. The fraction of sp³-hybridized carbons (Fsp3) is 0.143. The van der Waals surface area contributed by atoms with Gasteiger partial charge in [0.2, 0.25) is 0 Å². The first-order valence-corrected chi connectivity index (χ1v) is 6.30. The Labute approximate surface area is 116 Å². The van der Waals surface area contributed by atoms with Gasteiger partial charge in [-0.2, -0.15) is 0 Å². The first-order valence-electron chi connectivity index (χ1n) is 5.54. The zero-order valence-electron chi connectivity index (χ0n) is 9.75. The second-order valence-electron chi connectivity index (χ2n) is 3.99. The Kier molecular flexibility index (Phi) is 4.10. The predicted molar refractivity (Wildman–Crippen MR) is 74.9 cm³/mol. The van der Waals surface area contributed by atoms with Crippen LogP contribution < -0.4 is 5.32 Å². The number of halogens is 3. The van der Waals surface area contributed by atoms with Crippen molar-refractivity contribution in [3.8, 4) is 0 Å². The summed E-state index contributed by atoms with van der Waals surface area (Å²) in [6, 6.07) is 12.2. The van der Waals surface area contributed by atoms with E-state index in [1.807, 2.05) is 37.3 Å². The molecule has 0 aromatic heterocycles. The molecule has 0 amide bonds. The highest BCUT2D eigenvalue weighted by atomic mass is 35.5. The third-order valence-corrected chi connectivity index (χ3v) is 3.38. The van der Waals surface area contributed by atoms with E-state index in [0.717, 1.165) is 5.69 Å². The lowest BCUT2D eigenvalue weighted by molar-refractivity contribution is 0.624. The van der Waals surface area contributed by atoms with Crippen LogP contribution in [0, 0.1) is 5.82 Å². The molecule has 1 unspecified atom stereocenters. The highest BCUT2D eigenvalue weighted by molar-refractivity contribution is 6.36. The summed E-state index contributed by atoms with van der Waals surface area (Å²) >= 11 is 12.0. The van der Waals surface area contributed by atoms with Crippen LogP contribution in [-0.2, 0) is 0 Å². The van der Waals surface area contributed by atoms with Gasteiger partial charge in [0, 0.05) is 16.3 Å². The Morgan fingerprint density at radius 3 is 2.39 bits per heavy atom. The van der Waals surface area contributed by atoms with E-state index in [1.165, 1.54) is 12.1 Å². The summed E-state index contributed by atoms with van der Waals surface area (Å²) in [4.78, 5) is 0. The smallest absolute Gasteiger partial charge is 0.142 e. The summed E-state index contributed by atoms with van der Waals surface area (Å²) in [6.45, 7) is 1.89. The highest BCUT2D eigenvalue weighted by Gasteiger charge is 2.16. The molecular formula is C14H12Cl2FN. The molecule has 1 atom stereocenters. The Balaban J connectivity index is 2.29. The average molecular weight is 284 g/mol. The van der Waals surface area contributed by atoms with E-state index in [2.05, 4.69) is 5.32 Å². The van der Waals surface area contributed by atoms with E-state index in [1.54, 1.807) is 0 Å². The summed E-state index contributed by atoms with van der Waals surface area (Å²) in [7, 11) is 0. The van der Waals surface area contributed by atoms with E-state index in [-0.39, 0.29) is 11.1 Å². The van der Waals surface area contributed by atoms with Gasteiger partial charge in [0.05, 0.1) is 11.1 Å². The Morgan fingerprint density at radius 2 is 1.72 bits per heavy atom. The lowest BCUT2D eigenvalue weighted by atomic mass is 10.1. The number of para-hydroxylation sites is 1. The van der Waals surface area contributed by atoms with Crippen LogP contribution in [0.2, 0.25) is 10.0 Å². The highest BCUT2D eigenvalue weighted by Crippen LogP contribution is 2.33. The van der Waals surface area contributed by atoms with Crippen LogP contribution in [0.3, 0.4) is 0 Å². The van der Waals surface area contributed by atoms with Crippen molar-refractivity contribution < 1.29 is 4.39 Å². The standard InChI is InChI=1S/C14H12Cl2FN/c1-9(18-10-5-3-2-4-6-10)13-11(15)7-8-12(17)14(13)16/h2-9,18H,1H3. The SMILES string of the molecule is CC(Nc1ccccc1)c1c(Cl)ccc(F)c1Cl. The number of benzene rings is 2. The van der Waals surface area contributed by atoms with E-state index < -0.39 is 5.82 Å². The quantitative estimate of drug-likeness (QED) is 0.753. The Bertz CT molecular complexity index is 543. The first-order chi connectivity index (χ1) is 8.59. The molecular weight excluding hydrogens is 272 g/mol. The average Bonchev–Trinajstić information content (AvgIpc) is 2.36. The molecule has 0 saturated carbocycles. The van der Waals surface area contributed by atoms with Crippen molar-refractivity contribution in [1.82, 2.24) is 0 Å². The molecule has 0 spiro atoms. The van der Waals surface area contributed by atoms with Crippen LogP contribution in [0.5, 0.6) is 0 Å². The number of nitrogens with one attached hydrogen (secondary N) is 1. The van der Waals surface area contributed by atoms with E-state index in [4.69, 9.17) is 23.2 Å². The molecule has 2 aromatic carbocycles. The van der Waals surface area contributed by atoms with Crippen LogP contribution in [0.15, 0.2) is 42.5 Å². The largest absolute Gasteiger partial charge is 0.378 e. The van der Waals surface area contributed by atoms with E-state index in [9.17, 15) is 4.39 Å². The summed E-state index contributed by atoms with van der Waals surface area (Å²) in [5.41, 5.74) is 1.50. The number of anilines is 1. The van der Waals surface area contributed by atoms with E-state index >= 15 is 0 Å². The molecule has 0 saturated heterocycles. The van der Waals surface area contributed by atoms with E-state index in [0.29, 0.717) is 10.6 Å². The van der Waals surface area contributed by atoms with Crippen LogP contribution in [0.25, 0.3) is 0 Å². The zero-order chi connectivity index (χ0) is 13.1. The molecule has 1 N–H and O–H groups in total. The Morgan fingerprint density at radius 1 is 1.06 bits per heavy atom. The number of hydrogen-bond acceptors (Lipinski definition) is 1. The summed E-state index contributed by atoms with van der Waals surface area (Å²) in [6.07, 6.45) is 0. The minimum absolute atomic E-state index is 0.0680. The molecule has 2 rings (SSSR count). The summed E-state index contributed by atoms with van der Waals surface area (Å²) < 4.78 is 13.4. The fourth-order valence-corrected chi connectivity index (χ4v) is 2.49. The summed E-state index contributed by atoms with van der Waals surface area (Å²) in [5.74, 6) is -0.460. The van der Waals surface area contributed by atoms with Crippen LogP contribution in [-0.4, -0.2) is 0 Å². The maximum Gasteiger partial charge on any atom is 0.142 e. The van der Waals surface area contributed by atoms with Crippen LogP contribution >= 0.6 is 23.2 Å². The van der Waals surface area contributed by atoms with Gasteiger partial charge in [-0.05, 0) is 31.2 Å². The summed E-state index contributed by atoms with van der Waals surface area (Å²) in [5, 5.41) is 3.76. The second-order valence-corrected chi connectivity index (χ2v) is 4.77. The molecule has 1 nitrogen and oxygen atoms in total. The minimum Gasteiger partial charge on any atom is -0.378 e. The lowest BCUT2D eigenvalue weighted by Gasteiger charge is -2.18. The molecule has 18 heavy (non-hydrogen) atoms.